The molecule has 5 aromatic heterocycles. The fourth-order valence-electron chi connectivity index (χ4n) is 3.56. The summed E-state index contributed by atoms with van der Waals surface area (Å²) < 4.78 is 0. The topological polar surface area (TPSA) is 95.5 Å². The molecular weight excluding hydrogens is 386 g/mol. The first-order chi connectivity index (χ1) is 15.3. The lowest BCUT2D eigenvalue weighted by molar-refractivity contribution is 1.12. The maximum atomic E-state index is 4.85. The third-order valence-corrected chi connectivity index (χ3v) is 5.04. The number of hydrogen-bond acceptors (Lipinski definition) is 5. The van der Waals surface area contributed by atoms with Crippen LogP contribution in [0.3, 0.4) is 0 Å². The largest absolute Gasteiger partial charge is 0.353 e. The van der Waals surface area contributed by atoms with E-state index in [9.17, 15) is 0 Å². The van der Waals surface area contributed by atoms with Gasteiger partial charge >= 0.3 is 0 Å². The van der Waals surface area contributed by atoms with Crippen LogP contribution in [0.1, 0.15) is 12.6 Å². The minimum atomic E-state index is 0.746. The summed E-state index contributed by atoms with van der Waals surface area (Å²) in [7, 11) is 0. The lowest BCUT2D eigenvalue weighted by atomic mass is 10.1. The quantitative estimate of drug-likeness (QED) is 0.394. The number of aromatic amines is 2. The van der Waals surface area contributed by atoms with Crippen molar-refractivity contribution in [2.24, 2.45) is 4.99 Å². The van der Waals surface area contributed by atoms with Gasteiger partial charge in [-0.05, 0) is 43.3 Å². The highest BCUT2D eigenvalue weighted by molar-refractivity contribution is 6.10. The van der Waals surface area contributed by atoms with Gasteiger partial charge in [0.05, 0.1) is 28.3 Å². The van der Waals surface area contributed by atoms with Crippen LogP contribution < -0.4 is 0 Å². The smallest absolute Gasteiger partial charge is 0.135 e. The van der Waals surface area contributed by atoms with Crippen LogP contribution >= 0.6 is 0 Å². The van der Waals surface area contributed by atoms with E-state index < -0.39 is 0 Å². The van der Waals surface area contributed by atoms with E-state index in [4.69, 9.17) is 4.98 Å². The molecule has 31 heavy (non-hydrogen) atoms. The molecule has 0 amide bonds. The number of aromatic nitrogens is 6. The summed E-state index contributed by atoms with van der Waals surface area (Å²) in [5, 5.41) is 8.58. The van der Waals surface area contributed by atoms with E-state index in [0.717, 1.165) is 56.0 Å². The van der Waals surface area contributed by atoms with Crippen LogP contribution in [0.4, 0.5) is 0 Å². The number of nitrogens with one attached hydrogen (secondary N) is 2. The highest BCUT2D eigenvalue weighted by atomic mass is 15.1. The maximum absolute atomic E-state index is 4.85. The molecule has 0 aliphatic rings. The monoisotopic (exact) mass is 405 g/mol. The molecule has 5 rings (SSSR count). The number of H-pyrrole nitrogens is 2. The molecule has 7 nitrogen and oxygen atoms in total. The Morgan fingerprint density at radius 3 is 2.77 bits per heavy atom. The van der Waals surface area contributed by atoms with E-state index in [2.05, 4.69) is 36.7 Å². The van der Waals surface area contributed by atoms with Gasteiger partial charge in [-0.1, -0.05) is 18.7 Å². The number of allylic oxidation sites excluding steroid dienone is 2. The molecule has 150 valence electrons. The van der Waals surface area contributed by atoms with Crippen LogP contribution in [-0.4, -0.2) is 36.3 Å². The molecule has 0 aliphatic heterocycles. The van der Waals surface area contributed by atoms with Crippen LogP contribution in [0, 0.1) is 0 Å². The van der Waals surface area contributed by atoms with Crippen molar-refractivity contribution in [2.45, 2.75) is 6.92 Å². The maximum Gasteiger partial charge on any atom is 0.135 e. The summed E-state index contributed by atoms with van der Waals surface area (Å²) in [5.74, 6) is 0. The molecule has 0 atom stereocenters. The number of rotatable bonds is 5. The molecule has 0 unspecified atom stereocenters. The van der Waals surface area contributed by atoms with Crippen molar-refractivity contribution in [1.82, 2.24) is 30.1 Å². The average Bonchev–Trinajstić information content (AvgIpc) is 3.43. The third kappa shape index (κ3) is 3.32. The van der Waals surface area contributed by atoms with Crippen LogP contribution in [-0.2, 0) is 0 Å². The summed E-state index contributed by atoms with van der Waals surface area (Å²) >= 11 is 0. The van der Waals surface area contributed by atoms with Crippen molar-refractivity contribution < 1.29 is 0 Å². The van der Waals surface area contributed by atoms with Crippen molar-refractivity contribution in [3.63, 3.8) is 0 Å². The molecule has 0 saturated heterocycles. The third-order valence-electron chi connectivity index (χ3n) is 5.04. The van der Waals surface area contributed by atoms with Crippen molar-refractivity contribution in [1.29, 1.82) is 0 Å². The Bertz CT molecular complexity index is 1460. The van der Waals surface area contributed by atoms with Gasteiger partial charge in [-0.25, -0.2) is 4.98 Å². The molecular formula is C24H19N7. The normalized spacial score (nSPS) is 12.2. The molecule has 0 bridgehead atoms. The van der Waals surface area contributed by atoms with Crippen molar-refractivity contribution >= 4 is 33.7 Å². The summed E-state index contributed by atoms with van der Waals surface area (Å²) in [6, 6.07) is 13.7. The van der Waals surface area contributed by atoms with Gasteiger partial charge in [0.25, 0.3) is 0 Å². The molecule has 0 fully saturated rings. The molecule has 2 N–H and O–H groups in total. The molecule has 0 spiro atoms. The minimum absolute atomic E-state index is 0.746. The Kier molecular flexibility index (Phi) is 4.68. The highest BCUT2D eigenvalue weighted by Crippen LogP contribution is 2.32. The second-order valence-corrected chi connectivity index (χ2v) is 6.89. The van der Waals surface area contributed by atoms with Crippen molar-refractivity contribution in [3.05, 3.63) is 79.4 Å². The van der Waals surface area contributed by atoms with Crippen molar-refractivity contribution in [2.75, 3.05) is 0 Å². The second-order valence-electron chi connectivity index (χ2n) is 6.89. The van der Waals surface area contributed by atoms with E-state index in [-0.39, 0.29) is 0 Å². The predicted molar refractivity (Wildman–Crippen MR) is 125 cm³/mol. The molecule has 0 radical (unpaired) electrons. The van der Waals surface area contributed by atoms with Crippen LogP contribution in [0.15, 0.2) is 78.7 Å². The zero-order chi connectivity index (χ0) is 21.2. The SMILES string of the molecule is C=CN=C/C(=C\C)c1ccc2[nH]nc(-c3cc4c(-c5ccccn5)nccc4[nH]3)c2n1. The van der Waals surface area contributed by atoms with Crippen LogP contribution in [0.5, 0.6) is 0 Å². The van der Waals surface area contributed by atoms with E-state index in [0.29, 0.717) is 0 Å². The lowest BCUT2D eigenvalue weighted by Crippen LogP contribution is -1.91. The first kappa shape index (κ1) is 18.6. The fourth-order valence-corrected chi connectivity index (χ4v) is 3.56. The van der Waals surface area contributed by atoms with Gasteiger partial charge in [0, 0.05) is 41.3 Å². The van der Waals surface area contributed by atoms with E-state index >= 15 is 0 Å². The second kappa shape index (κ2) is 7.79. The van der Waals surface area contributed by atoms with Crippen LogP contribution in [0.25, 0.3) is 50.3 Å². The molecule has 0 aliphatic carbocycles. The van der Waals surface area contributed by atoms with Gasteiger partial charge in [0.2, 0.25) is 0 Å². The molecule has 7 heteroatoms. The van der Waals surface area contributed by atoms with E-state index in [1.165, 1.54) is 6.20 Å². The van der Waals surface area contributed by atoms with Gasteiger partial charge in [-0.15, -0.1) is 0 Å². The zero-order valence-electron chi connectivity index (χ0n) is 16.9. The number of fused-ring (bicyclic) bond motifs is 2. The first-order valence-corrected chi connectivity index (χ1v) is 9.84. The summed E-state index contributed by atoms with van der Waals surface area (Å²) in [6.45, 7) is 5.59. The van der Waals surface area contributed by atoms with Gasteiger partial charge in [0.1, 0.15) is 11.2 Å². The van der Waals surface area contributed by atoms with Gasteiger partial charge < -0.3 is 4.98 Å². The Balaban J connectivity index is 1.65. The summed E-state index contributed by atoms with van der Waals surface area (Å²) in [4.78, 5) is 21.4. The molecule has 0 saturated carbocycles. The minimum Gasteiger partial charge on any atom is -0.353 e. The number of aliphatic imine (C=N–C) groups is 1. The standard InChI is InChI=1S/C24H19N7/c1-3-15(14-25-4-2)17-8-9-20-23(29-17)24(31-30-20)21-13-16-18(28-21)10-12-27-22(16)19-7-5-6-11-26-19/h3-14,28H,2H2,1H3,(H,30,31)/b15-3+,25-14?. The summed E-state index contributed by atoms with van der Waals surface area (Å²) in [6.07, 6.45) is 8.76. The molecule has 5 aromatic rings. The predicted octanol–water partition coefficient (Wildman–Crippen LogP) is 5.18. The Labute approximate surface area is 178 Å². The number of nitrogens with zero attached hydrogens (tertiary/aromatic N) is 5. The Hall–Kier alpha value is -4.39. The molecule has 5 heterocycles. The Morgan fingerprint density at radius 1 is 1.03 bits per heavy atom. The van der Waals surface area contributed by atoms with E-state index in [1.807, 2.05) is 55.5 Å². The first-order valence-electron chi connectivity index (χ1n) is 9.84. The van der Waals surface area contributed by atoms with Crippen molar-refractivity contribution in [3.8, 4) is 22.8 Å². The van der Waals surface area contributed by atoms with Gasteiger partial charge in [-0.2, -0.15) is 5.10 Å². The Morgan fingerprint density at radius 2 is 1.97 bits per heavy atom. The number of hydrogen-bond donors (Lipinski definition) is 2. The highest BCUT2D eigenvalue weighted by Gasteiger charge is 2.16. The van der Waals surface area contributed by atoms with E-state index in [1.54, 1.807) is 18.6 Å². The number of pyridine rings is 3. The average molecular weight is 405 g/mol. The zero-order valence-corrected chi connectivity index (χ0v) is 16.9. The summed E-state index contributed by atoms with van der Waals surface area (Å²) in [5.41, 5.74) is 7.58. The fraction of sp³-hybridized carbons (Fsp3) is 0.0417. The van der Waals surface area contributed by atoms with Gasteiger partial charge in [0.15, 0.2) is 0 Å². The van der Waals surface area contributed by atoms with Crippen LogP contribution in [0.2, 0.25) is 0 Å². The van der Waals surface area contributed by atoms with Gasteiger partial charge in [-0.3, -0.25) is 20.1 Å². The molecule has 0 aromatic carbocycles. The lowest BCUT2D eigenvalue weighted by Gasteiger charge is -2.01.